The van der Waals surface area contributed by atoms with Gasteiger partial charge < -0.3 is 15.1 Å². The number of fused-ring (bicyclic) bond motifs is 1. The number of carbonyl (C=O) groups excluding carboxylic acids is 1. The monoisotopic (exact) mass is 457 g/mol. The van der Waals surface area contributed by atoms with E-state index in [0.29, 0.717) is 27.9 Å². The minimum Gasteiger partial charge on any atom is -0.465 e. The largest absolute Gasteiger partial charge is 0.465 e. The summed E-state index contributed by atoms with van der Waals surface area (Å²) in [6, 6.07) is 2.29. The highest BCUT2D eigenvalue weighted by atomic mass is 79.9. The van der Waals surface area contributed by atoms with Gasteiger partial charge in [-0.2, -0.15) is 0 Å². The van der Waals surface area contributed by atoms with E-state index < -0.39 is 23.8 Å². The van der Waals surface area contributed by atoms with Crippen LogP contribution in [0.25, 0.3) is 10.9 Å². The number of amides is 1. The number of aliphatic hydroxyl groups excluding tert-OH is 1. The lowest BCUT2D eigenvalue weighted by molar-refractivity contribution is -0.122. The molecule has 1 saturated heterocycles. The van der Waals surface area contributed by atoms with Crippen LogP contribution in [0.15, 0.2) is 27.7 Å². The number of nitrogens with zero attached hydrogens (tertiary/aromatic N) is 3. The molecule has 0 saturated carbocycles. The van der Waals surface area contributed by atoms with E-state index in [-0.39, 0.29) is 30.7 Å². The Balaban J connectivity index is 1.81. The summed E-state index contributed by atoms with van der Waals surface area (Å²) >= 11 is 9.30. The second-order valence-corrected chi connectivity index (χ2v) is 7.72. The third-order valence-corrected chi connectivity index (χ3v) is 5.84. The van der Waals surface area contributed by atoms with Crippen LogP contribution in [0.1, 0.15) is 19.3 Å². The van der Waals surface area contributed by atoms with E-state index in [2.05, 4.69) is 20.9 Å². The van der Waals surface area contributed by atoms with Crippen molar-refractivity contribution in [1.82, 2.24) is 14.5 Å². The molecule has 0 aliphatic carbocycles. The SMILES string of the molecule is O=C(C[C@H]1[C@H](O)CCCN1C(=O)O)Cn1cnc2cc(Br)c(Cl)cc2c1=O. The van der Waals surface area contributed by atoms with Gasteiger partial charge in [-0.25, -0.2) is 9.78 Å². The number of carboxylic acid groups (broad SMARTS) is 1. The fraction of sp³-hybridized carbons (Fsp3) is 0.412. The normalized spacial score (nSPS) is 20.0. The third kappa shape index (κ3) is 4.15. The van der Waals surface area contributed by atoms with E-state index in [1.165, 1.54) is 12.4 Å². The maximum absolute atomic E-state index is 12.6. The van der Waals surface area contributed by atoms with Crippen molar-refractivity contribution < 1.29 is 19.8 Å². The number of benzene rings is 1. The molecule has 10 heteroatoms. The van der Waals surface area contributed by atoms with Gasteiger partial charge in [0, 0.05) is 17.4 Å². The lowest BCUT2D eigenvalue weighted by Crippen LogP contribution is -2.51. The van der Waals surface area contributed by atoms with Crippen LogP contribution in [-0.4, -0.2) is 55.2 Å². The Labute approximate surface area is 167 Å². The smallest absolute Gasteiger partial charge is 0.407 e. The van der Waals surface area contributed by atoms with E-state index in [4.69, 9.17) is 11.6 Å². The summed E-state index contributed by atoms with van der Waals surface area (Å²) in [4.78, 5) is 41.6. The summed E-state index contributed by atoms with van der Waals surface area (Å²) in [6.07, 6.45) is 0.0151. The summed E-state index contributed by atoms with van der Waals surface area (Å²) in [5.41, 5.74) is 0.0294. The topological polar surface area (TPSA) is 113 Å². The number of rotatable bonds is 4. The van der Waals surface area contributed by atoms with Gasteiger partial charge in [-0.3, -0.25) is 14.2 Å². The van der Waals surface area contributed by atoms with Crippen LogP contribution in [0, 0.1) is 0 Å². The zero-order valence-electron chi connectivity index (χ0n) is 14.1. The molecule has 2 heterocycles. The van der Waals surface area contributed by atoms with Gasteiger partial charge in [-0.1, -0.05) is 11.6 Å². The number of likely N-dealkylation sites (tertiary alicyclic amines) is 1. The number of halogens is 2. The number of piperidine rings is 1. The summed E-state index contributed by atoms with van der Waals surface area (Å²) in [5, 5.41) is 20.0. The predicted octanol–water partition coefficient (Wildman–Crippen LogP) is 2.27. The van der Waals surface area contributed by atoms with Crippen molar-refractivity contribution in [3.05, 3.63) is 38.3 Å². The molecule has 0 bridgehead atoms. The number of hydrogen-bond acceptors (Lipinski definition) is 5. The fourth-order valence-electron chi connectivity index (χ4n) is 3.27. The highest BCUT2D eigenvalue weighted by molar-refractivity contribution is 9.10. The van der Waals surface area contributed by atoms with E-state index >= 15 is 0 Å². The molecule has 0 radical (unpaired) electrons. The molecule has 3 rings (SSSR count). The van der Waals surface area contributed by atoms with Crippen molar-refractivity contribution in [2.75, 3.05) is 6.54 Å². The molecule has 27 heavy (non-hydrogen) atoms. The van der Waals surface area contributed by atoms with Gasteiger partial charge in [0.2, 0.25) is 0 Å². The highest BCUT2D eigenvalue weighted by Crippen LogP contribution is 2.25. The molecule has 1 aromatic carbocycles. The van der Waals surface area contributed by atoms with Crippen molar-refractivity contribution in [2.24, 2.45) is 0 Å². The molecule has 1 amide bonds. The van der Waals surface area contributed by atoms with E-state index in [1.807, 2.05) is 0 Å². The maximum atomic E-state index is 12.6. The van der Waals surface area contributed by atoms with Crippen LogP contribution in [0.5, 0.6) is 0 Å². The van der Waals surface area contributed by atoms with Crippen molar-refractivity contribution >= 4 is 50.3 Å². The summed E-state index contributed by atoms with van der Waals surface area (Å²) in [6.45, 7) is 0.0152. The molecule has 144 valence electrons. The molecule has 0 spiro atoms. The Kier molecular flexibility index (Phi) is 5.83. The highest BCUT2D eigenvalue weighted by Gasteiger charge is 2.34. The van der Waals surface area contributed by atoms with Gasteiger partial charge in [0.25, 0.3) is 5.56 Å². The predicted molar refractivity (Wildman–Crippen MR) is 102 cm³/mol. The van der Waals surface area contributed by atoms with Crippen molar-refractivity contribution in [3.63, 3.8) is 0 Å². The quantitative estimate of drug-likeness (QED) is 0.727. The number of carbonyl (C=O) groups is 2. The molecule has 0 unspecified atom stereocenters. The van der Waals surface area contributed by atoms with E-state index in [9.17, 15) is 24.6 Å². The molecule has 2 aromatic rings. The van der Waals surface area contributed by atoms with Gasteiger partial charge in [0.05, 0.1) is 40.9 Å². The van der Waals surface area contributed by atoms with Gasteiger partial charge in [-0.15, -0.1) is 0 Å². The fourth-order valence-corrected chi connectivity index (χ4v) is 3.77. The second kappa shape index (κ2) is 7.95. The molecule has 1 aliphatic heterocycles. The molecule has 2 N–H and O–H groups in total. The Morgan fingerprint density at radius 1 is 1.37 bits per heavy atom. The van der Waals surface area contributed by atoms with Crippen LogP contribution in [-0.2, 0) is 11.3 Å². The van der Waals surface area contributed by atoms with Crippen molar-refractivity contribution in [3.8, 4) is 0 Å². The number of ketones is 1. The zero-order chi connectivity index (χ0) is 19.7. The zero-order valence-corrected chi connectivity index (χ0v) is 16.5. The first-order valence-corrected chi connectivity index (χ1v) is 9.48. The number of aliphatic hydroxyl groups is 1. The maximum Gasteiger partial charge on any atom is 0.407 e. The summed E-state index contributed by atoms with van der Waals surface area (Å²) in [7, 11) is 0. The minimum absolute atomic E-state index is 0.168. The first-order valence-electron chi connectivity index (χ1n) is 8.31. The van der Waals surface area contributed by atoms with Crippen LogP contribution >= 0.6 is 27.5 Å². The van der Waals surface area contributed by atoms with Crippen LogP contribution in [0.4, 0.5) is 4.79 Å². The third-order valence-electron chi connectivity index (χ3n) is 4.64. The van der Waals surface area contributed by atoms with Crippen LogP contribution in [0.3, 0.4) is 0 Å². The standard InChI is InChI=1S/C17H17BrClN3O5/c18-11-6-13-10(5-12(11)19)16(25)21(8-20-13)7-9(23)4-14-15(24)2-1-3-22(14)17(26)27/h5-6,8,14-15,24H,1-4,7H2,(H,26,27)/t14-,15+/m0/s1. The molecule has 1 aromatic heterocycles. The molecule has 1 fully saturated rings. The first kappa shape index (κ1) is 19.8. The van der Waals surface area contributed by atoms with E-state index in [0.717, 1.165) is 9.47 Å². The average molecular weight is 459 g/mol. The average Bonchev–Trinajstić information content (AvgIpc) is 2.61. The number of Topliss-reactive ketones (excluding diaryl/α,β-unsaturated/α-hetero) is 1. The molecular weight excluding hydrogens is 442 g/mol. The molecule has 2 atom stereocenters. The summed E-state index contributed by atoms with van der Waals surface area (Å²) < 4.78 is 1.77. The first-order chi connectivity index (χ1) is 12.8. The Bertz CT molecular complexity index is 963. The van der Waals surface area contributed by atoms with Crippen molar-refractivity contribution in [1.29, 1.82) is 0 Å². The second-order valence-electron chi connectivity index (χ2n) is 6.46. The number of aromatic nitrogens is 2. The van der Waals surface area contributed by atoms with Gasteiger partial charge in [0.1, 0.15) is 0 Å². The number of hydrogen-bond donors (Lipinski definition) is 2. The molecule has 1 aliphatic rings. The summed E-state index contributed by atoms with van der Waals surface area (Å²) in [5.74, 6) is -0.362. The Morgan fingerprint density at radius 3 is 2.81 bits per heavy atom. The molecule has 8 nitrogen and oxygen atoms in total. The lowest BCUT2D eigenvalue weighted by Gasteiger charge is -2.36. The van der Waals surface area contributed by atoms with Crippen LogP contribution < -0.4 is 5.56 Å². The minimum atomic E-state index is -1.17. The van der Waals surface area contributed by atoms with Gasteiger partial charge in [-0.05, 0) is 40.9 Å². The van der Waals surface area contributed by atoms with Gasteiger partial charge in [0.15, 0.2) is 5.78 Å². The molecular formula is C17H17BrClN3O5. The lowest BCUT2D eigenvalue weighted by atomic mass is 9.95. The van der Waals surface area contributed by atoms with Crippen LogP contribution in [0.2, 0.25) is 5.02 Å². The van der Waals surface area contributed by atoms with Gasteiger partial charge >= 0.3 is 6.09 Å². The Hall–Kier alpha value is -1.97. The van der Waals surface area contributed by atoms with Crippen molar-refractivity contribution in [2.45, 2.75) is 38.0 Å². The van der Waals surface area contributed by atoms with E-state index in [1.54, 1.807) is 6.07 Å². The Morgan fingerprint density at radius 2 is 2.11 bits per heavy atom.